The van der Waals surface area contributed by atoms with Crippen LogP contribution in [0.1, 0.15) is 21.1 Å². The minimum Gasteiger partial charge on any atom is -0.346 e. The normalized spacial score (nSPS) is 10.6. The molecule has 0 radical (unpaired) electrons. The highest BCUT2D eigenvalue weighted by Gasteiger charge is 2.16. The van der Waals surface area contributed by atoms with Crippen LogP contribution >= 0.6 is 22.9 Å². The van der Waals surface area contributed by atoms with E-state index in [4.69, 9.17) is 11.6 Å². The topological polar surface area (TPSA) is 59.8 Å². The van der Waals surface area contributed by atoms with Crippen molar-refractivity contribution in [1.29, 1.82) is 0 Å². The Hall–Kier alpha value is -2.18. The van der Waals surface area contributed by atoms with Gasteiger partial charge < -0.3 is 5.32 Å². The summed E-state index contributed by atoms with van der Waals surface area (Å²) in [6.07, 6.45) is 0. The molecule has 1 amide bonds. The van der Waals surface area contributed by atoms with Crippen molar-refractivity contribution in [3.63, 3.8) is 0 Å². The van der Waals surface area contributed by atoms with Gasteiger partial charge in [-0.1, -0.05) is 29.8 Å². The van der Waals surface area contributed by atoms with Crippen LogP contribution in [0.5, 0.6) is 0 Å². The largest absolute Gasteiger partial charge is 0.346 e. The van der Waals surface area contributed by atoms with Crippen LogP contribution in [0.2, 0.25) is 4.34 Å². The van der Waals surface area contributed by atoms with Gasteiger partial charge in [-0.15, -0.1) is 16.4 Å². The number of para-hydroxylation sites is 1. The lowest BCUT2D eigenvalue weighted by molar-refractivity contribution is 0.0945. The van der Waals surface area contributed by atoms with Gasteiger partial charge in [-0.2, -0.15) is 9.90 Å². The van der Waals surface area contributed by atoms with Crippen molar-refractivity contribution < 1.29 is 4.79 Å². The number of aromatic nitrogens is 3. The fourth-order valence-electron chi connectivity index (χ4n) is 1.96. The van der Waals surface area contributed by atoms with Crippen LogP contribution in [0.3, 0.4) is 0 Å². The van der Waals surface area contributed by atoms with E-state index in [2.05, 4.69) is 15.5 Å². The van der Waals surface area contributed by atoms with Crippen molar-refractivity contribution in [2.24, 2.45) is 0 Å². The summed E-state index contributed by atoms with van der Waals surface area (Å²) in [6.45, 7) is 2.19. The Morgan fingerprint density at radius 2 is 2.00 bits per heavy atom. The number of thiophene rings is 1. The summed E-state index contributed by atoms with van der Waals surface area (Å²) in [5.41, 5.74) is 1.73. The summed E-state index contributed by atoms with van der Waals surface area (Å²) in [4.78, 5) is 14.7. The van der Waals surface area contributed by atoms with E-state index < -0.39 is 0 Å². The Balaban J connectivity index is 1.74. The number of benzene rings is 1. The van der Waals surface area contributed by atoms with Crippen LogP contribution in [0.4, 0.5) is 0 Å². The van der Waals surface area contributed by atoms with Crippen molar-refractivity contribution in [2.45, 2.75) is 13.5 Å². The fraction of sp³-hybridized carbons (Fsp3) is 0.133. The highest BCUT2D eigenvalue weighted by molar-refractivity contribution is 7.16. The van der Waals surface area contributed by atoms with Crippen LogP contribution in [0.15, 0.2) is 42.5 Å². The molecule has 0 bridgehead atoms. The first-order valence-electron chi connectivity index (χ1n) is 6.65. The van der Waals surface area contributed by atoms with E-state index in [9.17, 15) is 4.79 Å². The van der Waals surface area contributed by atoms with Gasteiger partial charge in [-0.25, -0.2) is 0 Å². The minimum atomic E-state index is -0.246. The number of halogens is 1. The SMILES string of the molecule is Cc1nn(-c2ccccc2)nc1C(=O)NCc1ccc(Cl)s1. The fourth-order valence-corrected chi connectivity index (χ4v) is 2.99. The summed E-state index contributed by atoms with van der Waals surface area (Å²) in [5, 5.41) is 11.4. The Bertz CT molecular complexity index is 797. The Morgan fingerprint density at radius 3 is 2.68 bits per heavy atom. The number of carbonyl (C=O) groups is 1. The second-order valence-corrected chi connectivity index (χ2v) is 6.45. The lowest BCUT2D eigenvalue weighted by atomic mass is 10.3. The monoisotopic (exact) mass is 332 g/mol. The first kappa shape index (κ1) is 14.7. The highest BCUT2D eigenvalue weighted by Crippen LogP contribution is 2.21. The smallest absolute Gasteiger partial charge is 0.274 e. The van der Waals surface area contributed by atoms with Crippen LogP contribution < -0.4 is 5.32 Å². The zero-order valence-corrected chi connectivity index (χ0v) is 13.4. The number of aryl methyl sites for hydroxylation is 1. The van der Waals surface area contributed by atoms with Gasteiger partial charge in [-0.3, -0.25) is 4.79 Å². The molecule has 0 atom stereocenters. The van der Waals surface area contributed by atoms with Gasteiger partial charge in [0.2, 0.25) is 0 Å². The van der Waals surface area contributed by atoms with Gasteiger partial charge in [-0.05, 0) is 31.2 Å². The maximum absolute atomic E-state index is 12.2. The van der Waals surface area contributed by atoms with E-state index in [0.717, 1.165) is 10.6 Å². The minimum absolute atomic E-state index is 0.246. The maximum atomic E-state index is 12.2. The number of carbonyl (C=O) groups excluding carboxylic acids is 1. The van der Waals surface area contributed by atoms with Gasteiger partial charge in [0.25, 0.3) is 5.91 Å². The molecule has 0 aliphatic rings. The summed E-state index contributed by atoms with van der Waals surface area (Å²) < 4.78 is 0.704. The summed E-state index contributed by atoms with van der Waals surface area (Å²) in [7, 11) is 0. The molecule has 3 aromatic rings. The van der Waals surface area contributed by atoms with Crippen molar-refractivity contribution in [3.05, 3.63) is 63.1 Å². The van der Waals surface area contributed by atoms with Gasteiger partial charge in [0, 0.05) is 4.88 Å². The number of nitrogens with zero attached hydrogens (tertiary/aromatic N) is 3. The van der Waals surface area contributed by atoms with E-state index in [1.54, 1.807) is 6.92 Å². The number of hydrogen-bond donors (Lipinski definition) is 1. The molecule has 0 aliphatic carbocycles. The molecule has 0 saturated heterocycles. The molecule has 0 spiro atoms. The Kier molecular flexibility index (Phi) is 4.22. The third-order valence-corrected chi connectivity index (χ3v) is 4.27. The molecule has 0 fully saturated rings. The second-order valence-electron chi connectivity index (χ2n) is 4.65. The predicted octanol–water partition coefficient (Wildman–Crippen LogP) is 3.22. The molecule has 2 aromatic heterocycles. The highest BCUT2D eigenvalue weighted by atomic mass is 35.5. The van der Waals surface area contributed by atoms with Crippen LogP contribution in [-0.4, -0.2) is 20.9 Å². The second kappa shape index (κ2) is 6.29. The van der Waals surface area contributed by atoms with E-state index in [0.29, 0.717) is 22.3 Å². The van der Waals surface area contributed by atoms with E-state index >= 15 is 0 Å². The number of amides is 1. The van der Waals surface area contributed by atoms with Crippen molar-refractivity contribution in [3.8, 4) is 5.69 Å². The average molecular weight is 333 g/mol. The molecule has 0 aliphatic heterocycles. The molecule has 5 nitrogen and oxygen atoms in total. The summed E-state index contributed by atoms with van der Waals surface area (Å²) in [5.74, 6) is -0.246. The van der Waals surface area contributed by atoms with E-state index in [-0.39, 0.29) is 5.91 Å². The molecule has 1 N–H and O–H groups in total. The average Bonchev–Trinajstić information content (AvgIpc) is 3.12. The lowest BCUT2D eigenvalue weighted by Gasteiger charge is -2.01. The standard InChI is InChI=1S/C15H13ClN4OS/c1-10-14(15(21)17-9-12-7-8-13(16)22-12)19-20(18-10)11-5-3-2-4-6-11/h2-8H,9H2,1H3,(H,17,21). The first-order valence-corrected chi connectivity index (χ1v) is 7.85. The molecule has 7 heteroatoms. The zero-order valence-electron chi connectivity index (χ0n) is 11.8. The molecule has 0 saturated carbocycles. The third kappa shape index (κ3) is 3.18. The molecule has 22 heavy (non-hydrogen) atoms. The quantitative estimate of drug-likeness (QED) is 0.798. The summed E-state index contributed by atoms with van der Waals surface area (Å²) >= 11 is 7.31. The Labute approximate surface area is 136 Å². The molecule has 2 heterocycles. The van der Waals surface area contributed by atoms with Gasteiger partial charge >= 0.3 is 0 Å². The molecule has 1 aromatic carbocycles. The summed E-state index contributed by atoms with van der Waals surface area (Å²) in [6, 6.07) is 13.2. The Morgan fingerprint density at radius 1 is 1.23 bits per heavy atom. The molecule has 0 unspecified atom stereocenters. The van der Waals surface area contributed by atoms with E-state index in [1.807, 2.05) is 42.5 Å². The molecule has 112 valence electrons. The lowest BCUT2D eigenvalue weighted by Crippen LogP contribution is -2.23. The molecular weight excluding hydrogens is 320 g/mol. The van der Waals surface area contributed by atoms with Crippen molar-refractivity contribution in [1.82, 2.24) is 20.3 Å². The number of rotatable bonds is 4. The van der Waals surface area contributed by atoms with Crippen LogP contribution in [0, 0.1) is 6.92 Å². The number of hydrogen-bond acceptors (Lipinski definition) is 4. The van der Waals surface area contributed by atoms with Gasteiger partial charge in [0.05, 0.1) is 22.3 Å². The predicted molar refractivity (Wildman–Crippen MR) is 86.6 cm³/mol. The zero-order chi connectivity index (χ0) is 15.5. The van der Waals surface area contributed by atoms with Crippen molar-refractivity contribution >= 4 is 28.8 Å². The van der Waals surface area contributed by atoms with Crippen LogP contribution in [0.25, 0.3) is 5.69 Å². The maximum Gasteiger partial charge on any atom is 0.274 e. The molecule has 3 rings (SSSR count). The number of nitrogens with one attached hydrogen (secondary N) is 1. The van der Waals surface area contributed by atoms with E-state index in [1.165, 1.54) is 16.1 Å². The van der Waals surface area contributed by atoms with Gasteiger partial charge in [0.15, 0.2) is 5.69 Å². The third-order valence-electron chi connectivity index (χ3n) is 3.04. The van der Waals surface area contributed by atoms with Gasteiger partial charge in [0.1, 0.15) is 0 Å². The first-order chi connectivity index (χ1) is 10.6. The van der Waals surface area contributed by atoms with Crippen molar-refractivity contribution in [2.75, 3.05) is 0 Å². The molecular formula is C15H13ClN4OS. The van der Waals surface area contributed by atoms with Crippen LogP contribution in [-0.2, 0) is 6.54 Å².